The molecule has 2 rings (SSSR count). The van der Waals surface area contributed by atoms with Gasteiger partial charge in [0.05, 0.1) is 5.02 Å². The lowest BCUT2D eigenvalue weighted by Crippen LogP contribution is -2.44. The van der Waals surface area contributed by atoms with Gasteiger partial charge in [0, 0.05) is 5.41 Å². The molecule has 0 heterocycles. The van der Waals surface area contributed by atoms with Crippen molar-refractivity contribution in [2.24, 2.45) is 5.92 Å². The van der Waals surface area contributed by atoms with Crippen LogP contribution in [0.4, 0.5) is 4.39 Å². The van der Waals surface area contributed by atoms with Crippen molar-refractivity contribution in [3.05, 3.63) is 34.6 Å². The molecule has 0 bridgehead atoms. The van der Waals surface area contributed by atoms with E-state index in [0.29, 0.717) is 5.92 Å². The SMILES string of the molecule is CCC1CCC1(CC)c1cccc(Cl)c1F. The molecule has 1 aromatic rings. The number of benzene rings is 1. The van der Waals surface area contributed by atoms with Crippen molar-refractivity contribution in [1.82, 2.24) is 0 Å². The van der Waals surface area contributed by atoms with E-state index >= 15 is 0 Å². The minimum Gasteiger partial charge on any atom is -0.205 e. The number of rotatable bonds is 3. The molecule has 1 aliphatic carbocycles. The third-order valence-electron chi connectivity index (χ3n) is 4.33. The Morgan fingerprint density at radius 2 is 2.19 bits per heavy atom. The monoisotopic (exact) mass is 240 g/mol. The van der Waals surface area contributed by atoms with Crippen molar-refractivity contribution in [3.8, 4) is 0 Å². The van der Waals surface area contributed by atoms with E-state index < -0.39 is 0 Å². The van der Waals surface area contributed by atoms with Crippen LogP contribution in [0, 0.1) is 11.7 Å². The first kappa shape index (κ1) is 11.9. The van der Waals surface area contributed by atoms with Crippen LogP contribution in [0.3, 0.4) is 0 Å². The Morgan fingerprint density at radius 1 is 1.44 bits per heavy atom. The predicted octanol–water partition coefficient (Wildman–Crippen LogP) is 4.95. The van der Waals surface area contributed by atoms with E-state index in [0.717, 1.165) is 24.8 Å². The minimum atomic E-state index is -0.204. The van der Waals surface area contributed by atoms with Crippen molar-refractivity contribution in [2.75, 3.05) is 0 Å². The second-order valence-electron chi connectivity index (χ2n) is 4.75. The maximum absolute atomic E-state index is 14.1. The first-order chi connectivity index (χ1) is 7.65. The summed E-state index contributed by atoms with van der Waals surface area (Å²) in [5.74, 6) is 0.412. The van der Waals surface area contributed by atoms with Crippen molar-refractivity contribution < 1.29 is 4.39 Å². The fraction of sp³-hybridized carbons (Fsp3) is 0.571. The third kappa shape index (κ3) is 1.57. The van der Waals surface area contributed by atoms with Gasteiger partial charge in [-0.1, -0.05) is 44.0 Å². The molecule has 1 aromatic carbocycles. The lowest BCUT2D eigenvalue weighted by atomic mass is 9.54. The fourth-order valence-electron chi connectivity index (χ4n) is 3.19. The van der Waals surface area contributed by atoms with Crippen LogP contribution in [0.15, 0.2) is 18.2 Å². The molecule has 16 heavy (non-hydrogen) atoms. The third-order valence-corrected chi connectivity index (χ3v) is 4.62. The summed E-state index contributed by atoms with van der Waals surface area (Å²) in [5, 5.41) is 0.257. The number of halogens is 2. The lowest BCUT2D eigenvalue weighted by Gasteiger charge is -2.50. The highest BCUT2D eigenvalue weighted by atomic mass is 35.5. The summed E-state index contributed by atoms with van der Waals surface area (Å²) in [7, 11) is 0. The topological polar surface area (TPSA) is 0 Å². The second-order valence-corrected chi connectivity index (χ2v) is 5.16. The molecule has 1 fully saturated rings. The molecule has 1 aliphatic rings. The molecule has 1 saturated carbocycles. The van der Waals surface area contributed by atoms with E-state index in [4.69, 9.17) is 11.6 Å². The van der Waals surface area contributed by atoms with Gasteiger partial charge in [0.25, 0.3) is 0 Å². The van der Waals surface area contributed by atoms with E-state index in [-0.39, 0.29) is 16.3 Å². The normalized spacial score (nSPS) is 28.9. The first-order valence-corrected chi connectivity index (χ1v) is 6.48. The summed E-state index contributed by atoms with van der Waals surface area (Å²) < 4.78 is 14.1. The molecule has 2 unspecified atom stereocenters. The van der Waals surface area contributed by atoms with Crippen molar-refractivity contribution >= 4 is 11.6 Å². The van der Waals surface area contributed by atoms with Gasteiger partial charge in [-0.05, 0) is 36.8 Å². The van der Waals surface area contributed by atoms with Gasteiger partial charge < -0.3 is 0 Å². The molecule has 2 atom stereocenters. The van der Waals surface area contributed by atoms with Crippen molar-refractivity contribution in [1.29, 1.82) is 0 Å². The van der Waals surface area contributed by atoms with Gasteiger partial charge in [-0.3, -0.25) is 0 Å². The van der Waals surface area contributed by atoms with Gasteiger partial charge >= 0.3 is 0 Å². The molecule has 0 N–H and O–H groups in total. The largest absolute Gasteiger partial charge is 0.205 e. The molecule has 2 heteroatoms. The Morgan fingerprint density at radius 3 is 2.69 bits per heavy atom. The van der Waals surface area contributed by atoms with Crippen LogP contribution in [0.25, 0.3) is 0 Å². The highest BCUT2D eigenvalue weighted by Gasteiger charge is 2.46. The van der Waals surface area contributed by atoms with Crippen LogP contribution in [0.1, 0.15) is 45.1 Å². The van der Waals surface area contributed by atoms with E-state index in [1.54, 1.807) is 6.07 Å². The number of hydrogen-bond acceptors (Lipinski definition) is 0. The van der Waals surface area contributed by atoms with Crippen LogP contribution in [0.5, 0.6) is 0 Å². The van der Waals surface area contributed by atoms with E-state index in [2.05, 4.69) is 13.8 Å². The molecule has 0 radical (unpaired) electrons. The predicted molar refractivity (Wildman–Crippen MR) is 66.4 cm³/mol. The fourth-order valence-corrected chi connectivity index (χ4v) is 3.37. The molecule has 0 spiro atoms. The summed E-state index contributed by atoms with van der Waals surface area (Å²) in [6.07, 6.45) is 4.44. The Labute approximate surface area is 102 Å². The minimum absolute atomic E-state index is 0.0454. The van der Waals surface area contributed by atoms with Gasteiger partial charge in [0.15, 0.2) is 0 Å². The summed E-state index contributed by atoms with van der Waals surface area (Å²) in [6, 6.07) is 5.40. The summed E-state index contributed by atoms with van der Waals surface area (Å²) in [6.45, 7) is 4.35. The molecular formula is C14H18ClF. The average molecular weight is 241 g/mol. The smallest absolute Gasteiger partial charge is 0.145 e. The molecule has 0 aliphatic heterocycles. The zero-order chi connectivity index (χ0) is 11.8. The second kappa shape index (κ2) is 4.37. The van der Waals surface area contributed by atoms with E-state index in [1.165, 1.54) is 6.42 Å². The van der Waals surface area contributed by atoms with Crippen LogP contribution >= 0.6 is 11.6 Å². The summed E-state index contributed by atoms with van der Waals surface area (Å²) >= 11 is 5.87. The first-order valence-electron chi connectivity index (χ1n) is 6.10. The standard InChI is InChI=1S/C14H18ClF/c1-3-10-8-9-14(10,4-2)11-6-5-7-12(15)13(11)16/h5-7,10H,3-4,8-9H2,1-2H3. The van der Waals surface area contributed by atoms with Crippen molar-refractivity contribution in [3.63, 3.8) is 0 Å². The molecular weight excluding hydrogens is 223 g/mol. The Kier molecular flexibility index (Phi) is 3.25. The Balaban J connectivity index is 2.45. The highest BCUT2D eigenvalue weighted by molar-refractivity contribution is 6.30. The summed E-state index contributed by atoms with van der Waals surface area (Å²) in [4.78, 5) is 0. The van der Waals surface area contributed by atoms with Crippen molar-refractivity contribution in [2.45, 2.75) is 44.9 Å². The Hall–Kier alpha value is -0.560. The van der Waals surface area contributed by atoms with E-state index in [1.807, 2.05) is 12.1 Å². The van der Waals surface area contributed by atoms with Gasteiger partial charge in [-0.2, -0.15) is 0 Å². The van der Waals surface area contributed by atoms with Gasteiger partial charge in [0.2, 0.25) is 0 Å². The molecule has 0 aromatic heterocycles. The van der Waals surface area contributed by atoms with Gasteiger partial charge in [0.1, 0.15) is 5.82 Å². The van der Waals surface area contributed by atoms with Crippen LogP contribution < -0.4 is 0 Å². The number of hydrogen-bond donors (Lipinski definition) is 0. The zero-order valence-corrected chi connectivity index (χ0v) is 10.6. The molecule has 88 valence electrons. The van der Waals surface area contributed by atoms with E-state index in [9.17, 15) is 4.39 Å². The van der Waals surface area contributed by atoms with Crippen LogP contribution in [-0.4, -0.2) is 0 Å². The molecule has 0 nitrogen and oxygen atoms in total. The average Bonchev–Trinajstić information content (AvgIpc) is 2.25. The van der Waals surface area contributed by atoms with Gasteiger partial charge in [-0.25, -0.2) is 4.39 Å². The Bertz CT molecular complexity index is 382. The quantitative estimate of drug-likeness (QED) is 0.702. The maximum atomic E-state index is 14.1. The highest BCUT2D eigenvalue weighted by Crippen LogP contribution is 2.53. The molecule has 0 saturated heterocycles. The lowest BCUT2D eigenvalue weighted by molar-refractivity contribution is 0.106. The van der Waals surface area contributed by atoms with Crippen LogP contribution in [0.2, 0.25) is 5.02 Å². The zero-order valence-electron chi connectivity index (χ0n) is 9.89. The van der Waals surface area contributed by atoms with Crippen LogP contribution in [-0.2, 0) is 5.41 Å². The molecule has 0 amide bonds. The maximum Gasteiger partial charge on any atom is 0.145 e. The van der Waals surface area contributed by atoms with Gasteiger partial charge in [-0.15, -0.1) is 0 Å². The summed E-state index contributed by atoms with van der Waals surface area (Å²) in [5.41, 5.74) is 0.879.